The van der Waals surface area contributed by atoms with Crippen LogP contribution in [0.25, 0.3) is 11.1 Å². The smallest absolute Gasteiger partial charge is 0.230 e. The fourth-order valence-corrected chi connectivity index (χ4v) is 3.07. The van der Waals surface area contributed by atoms with Crippen molar-refractivity contribution in [3.63, 3.8) is 0 Å². The molecule has 2 N–H and O–H groups in total. The molecule has 20 heavy (non-hydrogen) atoms. The molecule has 3 rings (SSSR count). The second-order valence-corrected chi connectivity index (χ2v) is 5.56. The summed E-state index contributed by atoms with van der Waals surface area (Å²) < 4.78 is 18.1. The van der Waals surface area contributed by atoms with Crippen LogP contribution < -0.4 is 5.73 Å². The van der Waals surface area contributed by atoms with Crippen molar-refractivity contribution in [3.05, 3.63) is 35.8 Å². The zero-order valence-corrected chi connectivity index (χ0v) is 11.4. The van der Waals surface area contributed by atoms with E-state index in [-0.39, 0.29) is 5.82 Å². The molecule has 4 heteroatoms. The van der Waals surface area contributed by atoms with Crippen molar-refractivity contribution in [2.45, 2.75) is 38.5 Å². The minimum Gasteiger partial charge on any atom is -0.367 e. The Morgan fingerprint density at radius 2 is 1.90 bits per heavy atom. The Bertz CT molecular complexity index is 571. The van der Waals surface area contributed by atoms with Crippen molar-refractivity contribution in [2.24, 2.45) is 5.92 Å². The van der Waals surface area contributed by atoms with Gasteiger partial charge in [0.2, 0.25) is 5.88 Å². The van der Waals surface area contributed by atoms with Gasteiger partial charge in [-0.05, 0) is 36.5 Å². The number of nitrogen functional groups attached to an aromatic ring is 1. The highest BCUT2D eigenvalue weighted by atomic mass is 19.1. The van der Waals surface area contributed by atoms with Crippen LogP contribution in [0.3, 0.4) is 0 Å². The van der Waals surface area contributed by atoms with E-state index in [1.54, 1.807) is 12.1 Å². The summed E-state index contributed by atoms with van der Waals surface area (Å²) in [5.74, 6) is 0.864. The molecule has 0 spiro atoms. The van der Waals surface area contributed by atoms with E-state index in [4.69, 9.17) is 10.3 Å². The van der Waals surface area contributed by atoms with Crippen molar-refractivity contribution >= 4 is 5.88 Å². The number of benzene rings is 1. The molecule has 1 aliphatic carbocycles. The third kappa shape index (κ3) is 2.69. The van der Waals surface area contributed by atoms with Gasteiger partial charge in [0.1, 0.15) is 5.82 Å². The molecule has 1 heterocycles. The molecule has 0 radical (unpaired) electrons. The van der Waals surface area contributed by atoms with Gasteiger partial charge < -0.3 is 10.3 Å². The zero-order valence-electron chi connectivity index (χ0n) is 11.4. The lowest BCUT2D eigenvalue weighted by Gasteiger charge is -2.08. The summed E-state index contributed by atoms with van der Waals surface area (Å²) in [5.41, 5.74) is 8.45. The van der Waals surface area contributed by atoms with Crippen LogP contribution in [-0.4, -0.2) is 5.16 Å². The molecule has 0 amide bonds. The van der Waals surface area contributed by atoms with Gasteiger partial charge in [-0.2, -0.15) is 0 Å². The van der Waals surface area contributed by atoms with E-state index in [0.717, 1.165) is 35.6 Å². The highest BCUT2D eigenvalue weighted by Crippen LogP contribution is 2.33. The molecular formula is C16H19FN2O. The summed E-state index contributed by atoms with van der Waals surface area (Å²) in [6.45, 7) is 0. The summed E-state index contributed by atoms with van der Waals surface area (Å²) in [4.78, 5) is 0. The second kappa shape index (κ2) is 5.65. The number of hydrogen-bond donors (Lipinski definition) is 1. The Hall–Kier alpha value is -1.84. The number of nitrogens with two attached hydrogens (primary N) is 1. The Morgan fingerprint density at radius 3 is 2.60 bits per heavy atom. The van der Waals surface area contributed by atoms with Gasteiger partial charge in [0.25, 0.3) is 0 Å². The zero-order chi connectivity index (χ0) is 13.9. The first-order chi connectivity index (χ1) is 9.74. The molecule has 1 fully saturated rings. The molecule has 0 saturated heterocycles. The number of hydrogen-bond acceptors (Lipinski definition) is 3. The standard InChI is InChI=1S/C16H19FN2O/c17-13-8-6-12(7-9-13)15-14(19-20-16(15)18)10-5-11-3-1-2-4-11/h6-9,11H,1-5,10,18H2. The first kappa shape index (κ1) is 13.2. The van der Waals surface area contributed by atoms with Crippen LogP contribution >= 0.6 is 0 Å². The lowest BCUT2D eigenvalue weighted by molar-refractivity contribution is 0.419. The molecule has 0 atom stereocenters. The van der Waals surface area contributed by atoms with Crippen LogP contribution in [0.1, 0.15) is 37.8 Å². The molecule has 106 valence electrons. The van der Waals surface area contributed by atoms with Crippen LogP contribution in [0, 0.1) is 11.7 Å². The number of aromatic nitrogens is 1. The minimum absolute atomic E-state index is 0.253. The van der Waals surface area contributed by atoms with Gasteiger partial charge in [-0.25, -0.2) is 4.39 Å². The Morgan fingerprint density at radius 1 is 1.20 bits per heavy atom. The van der Waals surface area contributed by atoms with Crippen LogP contribution in [0.4, 0.5) is 10.3 Å². The number of nitrogens with zero attached hydrogens (tertiary/aromatic N) is 1. The molecule has 1 aromatic carbocycles. The first-order valence-corrected chi connectivity index (χ1v) is 7.24. The number of anilines is 1. The maximum atomic E-state index is 13.0. The van der Waals surface area contributed by atoms with Crippen molar-refractivity contribution in [3.8, 4) is 11.1 Å². The number of aryl methyl sites for hydroxylation is 1. The Labute approximate surface area is 118 Å². The van der Waals surface area contributed by atoms with E-state index in [9.17, 15) is 4.39 Å². The highest BCUT2D eigenvalue weighted by molar-refractivity contribution is 5.74. The van der Waals surface area contributed by atoms with Gasteiger partial charge in [0.05, 0.1) is 11.3 Å². The molecule has 0 aliphatic heterocycles. The van der Waals surface area contributed by atoms with E-state index >= 15 is 0 Å². The first-order valence-electron chi connectivity index (χ1n) is 7.24. The molecule has 1 saturated carbocycles. The summed E-state index contributed by atoms with van der Waals surface area (Å²) in [6.07, 6.45) is 7.32. The lowest BCUT2D eigenvalue weighted by atomic mass is 9.97. The topological polar surface area (TPSA) is 52.0 Å². The maximum absolute atomic E-state index is 13.0. The molecule has 3 nitrogen and oxygen atoms in total. The van der Waals surface area contributed by atoms with Gasteiger partial charge in [-0.3, -0.25) is 0 Å². The van der Waals surface area contributed by atoms with Gasteiger partial charge in [0, 0.05) is 0 Å². The molecule has 1 aliphatic rings. The quantitative estimate of drug-likeness (QED) is 0.909. The predicted octanol–water partition coefficient (Wildman–Crippen LogP) is 4.19. The van der Waals surface area contributed by atoms with Gasteiger partial charge in [0.15, 0.2) is 0 Å². The van der Waals surface area contributed by atoms with E-state index in [1.165, 1.54) is 37.8 Å². The van der Waals surface area contributed by atoms with Crippen LogP contribution in [0.5, 0.6) is 0 Å². The lowest BCUT2D eigenvalue weighted by Crippen LogP contribution is -1.98. The summed E-state index contributed by atoms with van der Waals surface area (Å²) in [7, 11) is 0. The van der Waals surface area contributed by atoms with Gasteiger partial charge >= 0.3 is 0 Å². The molecule has 0 unspecified atom stereocenters. The average molecular weight is 274 g/mol. The highest BCUT2D eigenvalue weighted by Gasteiger charge is 2.19. The van der Waals surface area contributed by atoms with E-state index in [2.05, 4.69) is 5.16 Å². The Kier molecular flexibility index (Phi) is 3.72. The van der Waals surface area contributed by atoms with Gasteiger partial charge in [-0.15, -0.1) is 0 Å². The fraction of sp³-hybridized carbons (Fsp3) is 0.438. The van der Waals surface area contributed by atoms with Crippen molar-refractivity contribution in [2.75, 3.05) is 5.73 Å². The predicted molar refractivity (Wildman–Crippen MR) is 76.6 cm³/mol. The number of halogens is 1. The third-order valence-corrected chi connectivity index (χ3v) is 4.19. The van der Waals surface area contributed by atoms with E-state index in [1.807, 2.05) is 0 Å². The van der Waals surface area contributed by atoms with Crippen LogP contribution in [0.2, 0.25) is 0 Å². The van der Waals surface area contributed by atoms with Crippen LogP contribution in [-0.2, 0) is 6.42 Å². The normalized spacial score (nSPS) is 15.8. The molecule has 0 bridgehead atoms. The van der Waals surface area contributed by atoms with Crippen molar-refractivity contribution in [1.82, 2.24) is 5.16 Å². The fourth-order valence-electron chi connectivity index (χ4n) is 3.07. The molecule has 1 aromatic heterocycles. The van der Waals surface area contributed by atoms with Gasteiger partial charge in [-0.1, -0.05) is 43.0 Å². The summed E-state index contributed by atoms with van der Waals surface area (Å²) in [6, 6.07) is 6.31. The monoisotopic (exact) mass is 274 g/mol. The molecule has 2 aromatic rings. The largest absolute Gasteiger partial charge is 0.367 e. The summed E-state index contributed by atoms with van der Waals surface area (Å²) in [5, 5.41) is 4.08. The van der Waals surface area contributed by atoms with E-state index < -0.39 is 0 Å². The second-order valence-electron chi connectivity index (χ2n) is 5.56. The minimum atomic E-state index is -0.253. The Balaban J connectivity index is 1.79. The van der Waals surface area contributed by atoms with E-state index in [0.29, 0.717) is 5.88 Å². The summed E-state index contributed by atoms with van der Waals surface area (Å²) >= 11 is 0. The van der Waals surface area contributed by atoms with Crippen LogP contribution in [0.15, 0.2) is 28.8 Å². The average Bonchev–Trinajstić information content (AvgIpc) is 3.07. The van der Waals surface area contributed by atoms with Crippen molar-refractivity contribution < 1.29 is 8.91 Å². The molecular weight excluding hydrogens is 255 g/mol. The van der Waals surface area contributed by atoms with Crippen molar-refractivity contribution in [1.29, 1.82) is 0 Å². The third-order valence-electron chi connectivity index (χ3n) is 4.19. The number of rotatable bonds is 4. The SMILES string of the molecule is Nc1onc(CCC2CCCC2)c1-c1ccc(F)cc1. The maximum Gasteiger partial charge on any atom is 0.230 e.